The first-order valence-corrected chi connectivity index (χ1v) is 9.41. The van der Waals surface area contributed by atoms with Crippen LogP contribution in [0.1, 0.15) is 35.2 Å². The van der Waals surface area contributed by atoms with Crippen LogP contribution in [-0.2, 0) is 18.3 Å². The Kier molecular flexibility index (Phi) is 6.38. The molecule has 3 rings (SSSR count). The summed E-state index contributed by atoms with van der Waals surface area (Å²) in [5, 5.41) is 6.89. The lowest BCUT2D eigenvalue weighted by Gasteiger charge is -2.32. The van der Waals surface area contributed by atoms with Crippen LogP contribution >= 0.6 is 0 Å². The predicted molar refractivity (Wildman–Crippen MR) is 99.5 cm³/mol. The fourth-order valence-electron chi connectivity index (χ4n) is 3.41. The van der Waals surface area contributed by atoms with Gasteiger partial charge in [0.05, 0.1) is 11.8 Å². The zero-order chi connectivity index (χ0) is 20.1. The lowest BCUT2D eigenvalue weighted by atomic mass is 9.96. The minimum absolute atomic E-state index is 0.0542. The first kappa shape index (κ1) is 20.0. The number of hydrogen-bond acceptors (Lipinski definition) is 3. The summed E-state index contributed by atoms with van der Waals surface area (Å²) in [6.07, 6.45) is 5.13. The number of benzene rings is 1. The Labute approximate surface area is 162 Å². The van der Waals surface area contributed by atoms with Gasteiger partial charge in [0.15, 0.2) is 11.6 Å². The number of nitrogens with zero attached hydrogens (tertiary/aromatic N) is 3. The number of hydrogen-bond donors (Lipinski definition) is 1. The molecule has 0 spiro atoms. The summed E-state index contributed by atoms with van der Waals surface area (Å²) in [5.74, 6) is -1.66. The molecule has 0 bridgehead atoms. The van der Waals surface area contributed by atoms with E-state index in [2.05, 4.69) is 10.4 Å². The van der Waals surface area contributed by atoms with Gasteiger partial charge in [-0.2, -0.15) is 5.10 Å². The summed E-state index contributed by atoms with van der Waals surface area (Å²) in [6, 6.07) is 4.02. The van der Waals surface area contributed by atoms with Crippen LogP contribution in [-0.4, -0.2) is 46.1 Å². The van der Waals surface area contributed by atoms with E-state index in [1.807, 2.05) is 0 Å². The highest BCUT2D eigenvalue weighted by molar-refractivity contribution is 5.93. The fourth-order valence-corrected chi connectivity index (χ4v) is 3.41. The largest absolute Gasteiger partial charge is 0.352 e. The number of nitrogens with one attached hydrogen (secondary N) is 1. The summed E-state index contributed by atoms with van der Waals surface area (Å²) in [5.41, 5.74) is 0.751. The zero-order valence-corrected chi connectivity index (χ0v) is 15.8. The Morgan fingerprint density at radius 1 is 1.25 bits per heavy atom. The van der Waals surface area contributed by atoms with Gasteiger partial charge in [-0.25, -0.2) is 8.78 Å². The maximum atomic E-state index is 13.7. The number of carbonyl (C=O) groups excluding carboxylic acids is 2. The minimum atomic E-state index is -0.890. The second kappa shape index (κ2) is 8.95. The summed E-state index contributed by atoms with van der Waals surface area (Å²) < 4.78 is 28.5. The molecule has 2 amide bonds. The molecule has 1 aromatic heterocycles. The molecule has 1 aromatic carbocycles. The molecule has 8 heteroatoms. The third-order valence-electron chi connectivity index (χ3n) is 5.13. The molecule has 1 fully saturated rings. The van der Waals surface area contributed by atoms with Gasteiger partial charge in [-0.1, -0.05) is 12.1 Å². The van der Waals surface area contributed by atoms with Gasteiger partial charge in [0.2, 0.25) is 5.91 Å². The van der Waals surface area contributed by atoms with Gasteiger partial charge in [-0.3, -0.25) is 14.3 Å². The van der Waals surface area contributed by atoms with E-state index in [-0.39, 0.29) is 30.2 Å². The van der Waals surface area contributed by atoms with Crippen molar-refractivity contribution in [1.82, 2.24) is 20.0 Å². The molecule has 150 valence electrons. The van der Waals surface area contributed by atoms with Crippen molar-refractivity contribution in [2.45, 2.75) is 25.7 Å². The van der Waals surface area contributed by atoms with E-state index >= 15 is 0 Å². The van der Waals surface area contributed by atoms with Crippen LogP contribution in [0.3, 0.4) is 0 Å². The van der Waals surface area contributed by atoms with Crippen LogP contribution in [0.25, 0.3) is 0 Å². The van der Waals surface area contributed by atoms with Crippen molar-refractivity contribution < 1.29 is 18.4 Å². The van der Waals surface area contributed by atoms with Gasteiger partial charge in [0, 0.05) is 39.3 Å². The molecule has 1 saturated heterocycles. The predicted octanol–water partition coefficient (Wildman–Crippen LogP) is 2.30. The Balaban J connectivity index is 1.40. The van der Waals surface area contributed by atoms with Gasteiger partial charge >= 0.3 is 0 Å². The van der Waals surface area contributed by atoms with Gasteiger partial charge in [0.25, 0.3) is 5.91 Å². The molecular formula is C20H24F2N4O2. The third kappa shape index (κ3) is 4.94. The van der Waals surface area contributed by atoms with E-state index in [1.54, 1.807) is 22.8 Å². The van der Waals surface area contributed by atoms with E-state index in [4.69, 9.17) is 0 Å². The third-order valence-corrected chi connectivity index (χ3v) is 5.13. The molecule has 28 heavy (non-hydrogen) atoms. The average Bonchev–Trinajstić information content (AvgIpc) is 3.14. The molecule has 2 heterocycles. The van der Waals surface area contributed by atoms with Crippen LogP contribution in [0.5, 0.6) is 0 Å². The first-order valence-electron chi connectivity index (χ1n) is 9.41. The second-order valence-corrected chi connectivity index (χ2v) is 7.15. The molecule has 1 aliphatic heterocycles. The van der Waals surface area contributed by atoms with Gasteiger partial charge in [-0.15, -0.1) is 0 Å². The van der Waals surface area contributed by atoms with Crippen LogP contribution in [0.2, 0.25) is 0 Å². The smallest absolute Gasteiger partial charge is 0.254 e. The van der Waals surface area contributed by atoms with E-state index in [9.17, 15) is 18.4 Å². The van der Waals surface area contributed by atoms with Crippen molar-refractivity contribution in [1.29, 1.82) is 0 Å². The number of piperidine rings is 1. The Morgan fingerprint density at radius 2 is 2.00 bits per heavy atom. The molecule has 0 radical (unpaired) electrons. The number of carbonyl (C=O) groups is 2. The van der Waals surface area contributed by atoms with Crippen LogP contribution in [0.4, 0.5) is 8.78 Å². The molecule has 2 aromatic rings. The summed E-state index contributed by atoms with van der Waals surface area (Å²) in [6.45, 7) is 1.78. The molecule has 1 aliphatic rings. The number of likely N-dealkylation sites (tertiary alicyclic amines) is 1. The minimum Gasteiger partial charge on any atom is -0.352 e. The SMILES string of the molecule is Cn1cc(C(=O)NCC2CCN(C(=O)CCc3cccc(F)c3F)CC2)cn1. The summed E-state index contributed by atoms with van der Waals surface area (Å²) in [4.78, 5) is 26.2. The van der Waals surface area contributed by atoms with Crippen molar-refractivity contribution in [2.24, 2.45) is 13.0 Å². The van der Waals surface area contributed by atoms with Gasteiger partial charge < -0.3 is 10.2 Å². The van der Waals surface area contributed by atoms with Crippen molar-refractivity contribution in [3.05, 3.63) is 53.4 Å². The zero-order valence-electron chi connectivity index (χ0n) is 15.8. The number of amides is 2. The molecular weight excluding hydrogens is 366 g/mol. The monoisotopic (exact) mass is 390 g/mol. The molecule has 0 aliphatic carbocycles. The summed E-state index contributed by atoms with van der Waals surface area (Å²) in [7, 11) is 1.76. The number of rotatable bonds is 6. The molecule has 1 N–H and O–H groups in total. The average molecular weight is 390 g/mol. The van der Waals surface area contributed by atoms with Crippen LogP contribution in [0, 0.1) is 17.6 Å². The standard InChI is InChI=1S/C20H24F2N4O2/c1-25-13-16(12-24-25)20(28)23-11-14-7-9-26(10-8-14)18(27)6-5-15-3-2-4-17(21)19(15)22/h2-4,12-14H,5-11H2,1H3,(H,23,28). The van der Waals surface area contributed by atoms with Crippen molar-refractivity contribution in [3.8, 4) is 0 Å². The molecule has 0 atom stereocenters. The molecule has 0 saturated carbocycles. The number of aromatic nitrogens is 2. The topological polar surface area (TPSA) is 67.2 Å². The van der Waals surface area contributed by atoms with Gasteiger partial charge in [-0.05, 0) is 36.8 Å². The lowest BCUT2D eigenvalue weighted by molar-refractivity contribution is -0.132. The maximum absolute atomic E-state index is 13.7. The number of aryl methyl sites for hydroxylation is 2. The van der Waals surface area contributed by atoms with E-state index in [0.29, 0.717) is 31.1 Å². The Morgan fingerprint density at radius 3 is 2.68 bits per heavy atom. The van der Waals surface area contributed by atoms with E-state index in [0.717, 1.165) is 18.9 Å². The summed E-state index contributed by atoms with van der Waals surface area (Å²) >= 11 is 0. The maximum Gasteiger partial charge on any atom is 0.254 e. The van der Waals surface area contributed by atoms with Crippen molar-refractivity contribution in [2.75, 3.05) is 19.6 Å². The second-order valence-electron chi connectivity index (χ2n) is 7.15. The molecule has 0 unspecified atom stereocenters. The van der Waals surface area contributed by atoms with Crippen molar-refractivity contribution in [3.63, 3.8) is 0 Å². The van der Waals surface area contributed by atoms with Crippen LogP contribution < -0.4 is 5.32 Å². The number of halogens is 2. The van der Waals surface area contributed by atoms with E-state index in [1.165, 1.54) is 18.3 Å². The van der Waals surface area contributed by atoms with Crippen molar-refractivity contribution >= 4 is 11.8 Å². The Bertz CT molecular complexity index is 844. The highest BCUT2D eigenvalue weighted by Crippen LogP contribution is 2.19. The normalized spacial score (nSPS) is 14.9. The fraction of sp³-hybridized carbons (Fsp3) is 0.450. The first-order chi connectivity index (χ1) is 13.4. The van der Waals surface area contributed by atoms with Gasteiger partial charge in [0.1, 0.15) is 0 Å². The highest BCUT2D eigenvalue weighted by atomic mass is 19.2. The highest BCUT2D eigenvalue weighted by Gasteiger charge is 2.23. The lowest BCUT2D eigenvalue weighted by Crippen LogP contribution is -2.41. The Hall–Kier alpha value is -2.77. The molecule has 6 nitrogen and oxygen atoms in total. The van der Waals surface area contributed by atoms with Crippen LogP contribution in [0.15, 0.2) is 30.6 Å². The van der Waals surface area contributed by atoms with E-state index < -0.39 is 11.6 Å². The quantitative estimate of drug-likeness (QED) is 0.823.